The zero-order chi connectivity index (χ0) is 17.9. The smallest absolute Gasteiger partial charge is 0.358 e. The number of amides is 1. The number of nitrogens with one attached hydrogen (secondary N) is 2. The van der Waals surface area contributed by atoms with Crippen molar-refractivity contribution in [3.63, 3.8) is 0 Å². The minimum atomic E-state index is -4.36. The molecule has 1 amide bonds. The molecule has 0 saturated carbocycles. The molecule has 0 radical (unpaired) electrons. The molecule has 2 atom stereocenters. The van der Waals surface area contributed by atoms with Crippen molar-refractivity contribution in [3.05, 3.63) is 35.4 Å². The average molecular weight is 343 g/mol. The van der Waals surface area contributed by atoms with Gasteiger partial charge in [-0.3, -0.25) is 9.69 Å². The summed E-state index contributed by atoms with van der Waals surface area (Å²) in [6, 6.07) is 5.52. The van der Waals surface area contributed by atoms with Crippen LogP contribution < -0.4 is 10.6 Å². The van der Waals surface area contributed by atoms with Gasteiger partial charge in [-0.15, -0.1) is 0 Å². The number of hydrogen-bond donors (Lipinski definition) is 2. The summed E-state index contributed by atoms with van der Waals surface area (Å²) in [5.74, 6) is -0.0521. The van der Waals surface area contributed by atoms with Crippen LogP contribution in [0.25, 0.3) is 0 Å². The van der Waals surface area contributed by atoms with Gasteiger partial charge in [-0.05, 0) is 31.9 Å². The zero-order valence-electron chi connectivity index (χ0n) is 14.2. The molecule has 0 aliphatic carbocycles. The third-order valence-electron chi connectivity index (χ3n) is 4.46. The van der Waals surface area contributed by atoms with E-state index in [1.807, 2.05) is 13.8 Å². The maximum absolute atomic E-state index is 13.0. The number of carbonyl (C=O) groups is 1. The number of rotatable bonds is 5. The van der Waals surface area contributed by atoms with E-state index in [4.69, 9.17) is 0 Å². The number of likely N-dealkylation sites (tertiary alicyclic amines) is 1. The minimum Gasteiger partial charge on any atom is -0.358 e. The van der Waals surface area contributed by atoms with Gasteiger partial charge in [0.2, 0.25) is 5.91 Å². The molecule has 7 heteroatoms. The molecule has 1 heterocycles. The van der Waals surface area contributed by atoms with Crippen molar-refractivity contribution in [1.29, 1.82) is 0 Å². The van der Waals surface area contributed by atoms with Crippen molar-refractivity contribution in [2.75, 3.05) is 13.6 Å². The lowest BCUT2D eigenvalue weighted by molar-refractivity contribution is -0.138. The van der Waals surface area contributed by atoms with Gasteiger partial charge in [0.1, 0.15) is 0 Å². The number of halogens is 3. The van der Waals surface area contributed by atoms with Crippen LogP contribution in [0.3, 0.4) is 0 Å². The van der Waals surface area contributed by atoms with E-state index in [1.165, 1.54) is 12.1 Å². The van der Waals surface area contributed by atoms with Crippen molar-refractivity contribution in [3.8, 4) is 0 Å². The Morgan fingerprint density at radius 1 is 1.33 bits per heavy atom. The summed E-state index contributed by atoms with van der Waals surface area (Å²) in [5, 5.41) is 5.84. The van der Waals surface area contributed by atoms with E-state index < -0.39 is 11.7 Å². The van der Waals surface area contributed by atoms with E-state index in [1.54, 1.807) is 13.1 Å². The Morgan fingerprint density at radius 3 is 2.58 bits per heavy atom. The minimum absolute atomic E-state index is 0.0176. The van der Waals surface area contributed by atoms with E-state index in [2.05, 4.69) is 15.5 Å². The quantitative estimate of drug-likeness (QED) is 0.863. The molecule has 4 nitrogen and oxygen atoms in total. The Kier molecular flexibility index (Phi) is 5.87. The second-order valence-corrected chi connectivity index (χ2v) is 6.39. The first kappa shape index (κ1) is 18.7. The van der Waals surface area contributed by atoms with Crippen molar-refractivity contribution in [2.24, 2.45) is 0 Å². The van der Waals surface area contributed by atoms with E-state index in [-0.39, 0.29) is 36.1 Å². The van der Waals surface area contributed by atoms with Crippen LogP contribution in [0.1, 0.15) is 31.4 Å². The van der Waals surface area contributed by atoms with Gasteiger partial charge in [0.25, 0.3) is 0 Å². The summed E-state index contributed by atoms with van der Waals surface area (Å²) in [7, 11) is 1.60. The first-order valence-electron chi connectivity index (χ1n) is 8.09. The monoisotopic (exact) mass is 343 g/mol. The number of hydrogen-bond acceptors (Lipinski definition) is 3. The molecule has 1 aliphatic heterocycles. The molecule has 2 rings (SSSR count). The van der Waals surface area contributed by atoms with Crippen LogP contribution >= 0.6 is 0 Å². The summed E-state index contributed by atoms with van der Waals surface area (Å²) < 4.78 is 39.1. The fourth-order valence-corrected chi connectivity index (χ4v) is 3.21. The highest BCUT2D eigenvalue weighted by molar-refractivity contribution is 5.81. The normalized spacial score (nSPS) is 22.1. The standard InChI is InChI=1S/C17H24F3N3O/c1-11(2)23-10-13(8-15(23)16(24)21-3)22-9-12-6-4-5-7-14(12)17(18,19)20/h4-7,11,13,15,22H,8-10H2,1-3H3,(H,21,24)/t13-,15+/m1/s1. The highest BCUT2D eigenvalue weighted by atomic mass is 19.4. The van der Waals surface area contributed by atoms with Crippen molar-refractivity contribution in [2.45, 2.75) is 51.1 Å². The van der Waals surface area contributed by atoms with Crippen molar-refractivity contribution < 1.29 is 18.0 Å². The number of benzene rings is 1. The zero-order valence-corrected chi connectivity index (χ0v) is 14.2. The lowest BCUT2D eigenvalue weighted by atomic mass is 10.1. The summed E-state index contributed by atoms with van der Waals surface area (Å²) in [5.41, 5.74) is -0.386. The van der Waals surface area contributed by atoms with E-state index in [0.29, 0.717) is 13.0 Å². The molecule has 1 saturated heterocycles. The largest absolute Gasteiger partial charge is 0.416 e. The summed E-state index contributed by atoms with van der Waals surface area (Å²) in [4.78, 5) is 14.1. The van der Waals surface area contributed by atoms with Crippen molar-refractivity contribution >= 4 is 5.91 Å². The van der Waals surface area contributed by atoms with Gasteiger partial charge in [0.15, 0.2) is 0 Å². The topological polar surface area (TPSA) is 44.4 Å². The predicted molar refractivity (Wildman–Crippen MR) is 86.4 cm³/mol. The molecule has 0 spiro atoms. The fraction of sp³-hybridized carbons (Fsp3) is 0.588. The molecular weight excluding hydrogens is 319 g/mol. The highest BCUT2D eigenvalue weighted by Gasteiger charge is 2.38. The van der Waals surface area contributed by atoms with E-state index in [9.17, 15) is 18.0 Å². The summed E-state index contributed by atoms with van der Waals surface area (Å²) in [6.45, 7) is 4.80. The van der Waals surface area contributed by atoms with Gasteiger partial charge in [-0.1, -0.05) is 18.2 Å². The Labute approximate surface area is 140 Å². The Hall–Kier alpha value is -1.60. The molecule has 1 fully saturated rings. The van der Waals surface area contributed by atoms with E-state index in [0.717, 1.165) is 6.07 Å². The average Bonchev–Trinajstić information content (AvgIpc) is 2.96. The van der Waals surface area contributed by atoms with Crippen molar-refractivity contribution in [1.82, 2.24) is 15.5 Å². The van der Waals surface area contributed by atoms with Gasteiger partial charge in [0, 0.05) is 32.2 Å². The molecule has 0 unspecified atom stereocenters. The third-order valence-corrected chi connectivity index (χ3v) is 4.46. The Balaban J connectivity index is 2.05. The Bertz CT molecular complexity index is 574. The summed E-state index contributed by atoms with van der Waals surface area (Å²) >= 11 is 0. The van der Waals surface area contributed by atoms with Crippen LogP contribution in [-0.2, 0) is 17.5 Å². The van der Waals surface area contributed by atoms with E-state index >= 15 is 0 Å². The molecule has 0 aromatic heterocycles. The van der Waals surface area contributed by atoms with Gasteiger partial charge < -0.3 is 10.6 Å². The van der Waals surface area contributed by atoms with Crippen LogP contribution in [0.2, 0.25) is 0 Å². The first-order valence-corrected chi connectivity index (χ1v) is 8.09. The lowest BCUT2D eigenvalue weighted by Gasteiger charge is -2.26. The molecule has 1 aromatic rings. The van der Waals surface area contributed by atoms with Crippen LogP contribution in [0, 0.1) is 0 Å². The van der Waals surface area contributed by atoms with Crippen LogP contribution in [-0.4, -0.2) is 42.5 Å². The second-order valence-electron chi connectivity index (χ2n) is 6.39. The van der Waals surface area contributed by atoms with Gasteiger partial charge in [0.05, 0.1) is 11.6 Å². The first-order chi connectivity index (χ1) is 11.2. The van der Waals surface area contributed by atoms with Crippen LogP contribution in [0.4, 0.5) is 13.2 Å². The number of alkyl halides is 3. The Morgan fingerprint density at radius 2 is 2.00 bits per heavy atom. The maximum atomic E-state index is 13.0. The van der Waals surface area contributed by atoms with Crippen LogP contribution in [0.5, 0.6) is 0 Å². The maximum Gasteiger partial charge on any atom is 0.416 e. The molecule has 2 N–H and O–H groups in total. The number of likely N-dealkylation sites (N-methyl/N-ethyl adjacent to an activating group) is 1. The van der Waals surface area contributed by atoms with Gasteiger partial charge in [-0.25, -0.2) is 0 Å². The van der Waals surface area contributed by atoms with Gasteiger partial charge >= 0.3 is 6.18 Å². The molecule has 0 bridgehead atoms. The number of carbonyl (C=O) groups excluding carboxylic acids is 1. The molecule has 134 valence electrons. The molecular formula is C17H24F3N3O. The highest BCUT2D eigenvalue weighted by Crippen LogP contribution is 2.32. The molecule has 24 heavy (non-hydrogen) atoms. The van der Waals surface area contributed by atoms with Crippen LogP contribution in [0.15, 0.2) is 24.3 Å². The SMILES string of the molecule is CNC(=O)[C@@H]1C[C@@H](NCc2ccccc2C(F)(F)F)CN1C(C)C. The molecule has 1 aliphatic rings. The second kappa shape index (κ2) is 7.53. The molecule has 1 aromatic carbocycles. The number of nitrogens with zero attached hydrogens (tertiary/aromatic N) is 1. The third kappa shape index (κ3) is 4.27. The predicted octanol–water partition coefficient (Wildman–Crippen LogP) is 2.39. The lowest BCUT2D eigenvalue weighted by Crippen LogP contribution is -2.45. The summed E-state index contributed by atoms with van der Waals surface area (Å²) in [6.07, 6.45) is -3.77. The fourth-order valence-electron chi connectivity index (χ4n) is 3.21. The van der Waals surface area contributed by atoms with Gasteiger partial charge in [-0.2, -0.15) is 13.2 Å².